The Morgan fingerprint density at radius 1 is 1.44 bits per heavy atom. The lowest BCUT2D eigenvalue weighted by atomic mass is 10.2. The molecule has 0 fully saturated rings. The first-order chi connectivity index (χ1) is 7.54. The summed E-state index contributed by atoms with van der Waals surface area (Å²) in [6.07, 6.45) is 0. The van der Waals surface area contributed by atoms with Crippen molar-refractivity contribution in [1.82, 2.24) is 5.32 Å². The van der Waals surface area contributed by atoms with Gasteiger partial charge in [-0.25, -0.2) is 14.0 Å². The molecule has 0 atom stereocenters. The molecule has 0 heterocycles. The number of carbonyl (C=O) groups is 2. The number of benzene rings is 1. The molecule has 0 aliphatic heterocycles. The number of halogens is 1. The molecule has 3 N–H and O–H groups in total. The summed E-state index contributed by atoms with van der Waals surface area (Å²) in [6.45, 7) is 2.11. The van der Waals surface area contributed by atoms with Gasteiger partial charge in [0.25, 0.3) is 0 Å². The smallest absolute Gasteiger partial charge is 0.335 e. The third-order valence-electron chi connectivity index (χ3n) is 1.80. The van der Waals surface area contributed by atoms with Gasteiger partial charge in [0, 0.05) is 6.54 Å². The summed E-state index contributed by atoms with van der Waals surface area (Å²) in [7, 11) is 0. The van der Waals surface area contributed by atoms with Crippen LogP contribution >= 0.6 is 0 Å². The van der Waals surface area contributed by atoms with E-state index in [1.54, 1.807) is 6.92 Å². The second kappa shape index (κ2) is 5.11. The Hall–Kier alpha value is -2.11. The van der Waals surface area contributed by atoms with Crippen molar-refractivity contribution in [3.05, 3.63) is 29.6 Å². The highest BCUT2D eigenvalue weighted by Gasteiger charge is 2.10. The maximum Gasteiger partial charge on any atom is 0.335 e. The van der Waals surface area contributed by atoms with E-state index in [2.05, 4.69) is 10.6 Å². The Morgan fingerprint density at radius 3 is 2.69 bits per heavy atom. The molecular formula is C10H11FN2O3. The summed E-state index contributed by atoms with van der Waals surface area (Å²) in [6, 6.07) is 2.60. The van der Waals surface area contributed by atoms with Crippen LogP contribution < -0.4 is 10.6 Å². The first-order valence-electron chi connectivity index (χ1n) is 4.62. The number of hydrogen-bond donors (Lipinski definition) is 3. The van der Waals surface area contributed by atoms with Gasteiger partial charge in [0.2, 0.25) is 0 Å². The van der Waals surface area contributed by atoms with Crippen LogP contribution in [0.2, 0.25) is 0 Å². The molecule has 1 aromatic carbocycles. The molecule has 1 rings (SSSR count). The normalized spacial score (nSPS) is 9.62. The van der Waals surface area contributed by atoms with Crippen LogP contribution in [0.3, 0.4) is 0 Å². The topological polar surface area (TPSA) is 78.4 Å². The predicted molar refractivity (Wildman–Crippen MR) is 56.1 cm³/mol. The van der Waals surface area contributed by atoms with Crippen molar-refractivity contribution in [2.75, 3.05) is 11.9 Å². The number of hydrogen-bond acceptors (Lipinski definition) is 2. The zero-order chi connectivity index (χ0) is 12.1. The Bertz CT molecular complexity index is 421. The van der Waals surface area contributed by atoms with Crippen LogP contribution in [0.25, 0.3) is 0 Å². The largest absolute Gasteiger partial charge is 0.478 e. The maximum absolute atomic E-state index is 13.2. The monoisotopic (exact) mass is 226 g/mol. The third-order valence-corrected chi connectivity index (χ3v) is 1.80. The Balaban J connectivity index is 2.90. The Labute approximate surface area is 91.3 Å². The van der Waals surface area contributed by atoms with Gasteiger partial charge in [0.1, 0.15) is 5.82 Å². The second-order valence-electron chi connectivity index (χ2n) is 2.98. The minimum atomic E-state index is -1.18. The van der Waals surface area contributed by atoms with E-state index in [4.69, 9.17) is 5.11 Å². The van der Waals surface area contributed by atoms with Crippen molar-refractivity contribution in [1.29, 1.82) is 0 Å². The summed E-state index contributed by atoms with van der Waals surface area (Å²) in [5, 5.41) is 13.3. The molecule has 5 nitrogen and oxygen atoms in total. The van der Waals surface area contributed by atoms with E-state index >= 15 is 0 Å². The number of amides is 2. The number of nitrogens with one attached hydrogen (secondary N) is 2. The third kappa shape index (κ3) is 2.94. The highest BCUT2D eigenvalue weighted by molar-refractivity contribution is 5.93. The quantitative estimate of drug-likeness (QED) is 0.733. The fraction of sp³-hybridized carbons (Fsp3) is 0.200. The fourth-order valence-corrected chi connectivity index (χ4v) is 1.08. The average Bonchev–Trinajstić information content (AvgIpc) is 2.21. The summed E-state index contributed by atoms with van der Waals surface area (Å²) >= 11 is 0. The molecule has 16 heavy (non-hydrogen) atoms. The standard InChI is InChI=1S/C10H11FN2O3/c1-2-12-10(16)13-8-5-6(9(14)15)3-4-7(8)11/h3-5H,2H2,1H3,(H,14,15)(H2,12,13,16). The predicted octanol–water partition coefficient (Wildman–Crippen LogP) is 1.67. The Kier molecular flexibility index (Phi) is 3.82. The van der Waals surface area contributed by atoms with Crippen LogP contribution in [0.15, 0.2) is 18.2 Å². The van der Waals surface area contributed by atoms with Crippen molar-refractivity contribution >= 4 is 17.7 Å². The SMILES string of the molecule is CCNC(=O)Nc1cc(C(=O)O)ccc1F. The molecule has 0 aliphatic carbocycles. The summed E-state index contributed by atoms with van der Waals surface area (Å²) < 4.78 is 13.2. The molecule has 0 saturated carbocycles. The van der Waals surface area contributed by atoms with Crippen LogP contribution in [0, 0.1) is 5.82 Å². The van der Waals surface area contributed by atoms with Crippen molar-refractivity contribution in [3.63, 3.8) is 0 Å². The molecular weight excluding hydrogens is 215 g/mol. The number of anilines is 1. The average molecular weight is 226 g/mol. The van der Waals surface area contributed by atoms with Crippen LogP contribution in [0.5, 0.6) is 0 Å². The number of carboxylic acids is 1. The van der Waals surface area contributed by atoms with E-state index in [1.807, 2.05) is 0 Å². The van der Waals surface area contributed by atoms with Crippen LogP contribution in [-0.2, 0) is 0 Å². The van der Waals surface area contributed by atoms with Gasteiger partial charge in [0.05, 0.1) is 11.3 Å². The van der Waals surface area contributed by atoms with Gasteiger partial charge in [-0.3, -0.25) is 0 Å². The zero-order valence-corrected chi connectivity index (χ0v) is 8.58. The molecule has 6 heteroatoms. The molecule has 0 aliphatic rings. The number of carboxylic acid groups (broad SMARTS) is 1. The van der Waals surface area contributed by atoms with Gasteiger partial charge in [0.15, 0.2) is 0 Å². The molecule has 0 saturated heterocycles. The molecule has 1 aromatic rings. The lowest BCUT2D eigenvalue weighted by Crippen LogP contribution is -2.28. The maximum atomic E-state index is 13.2. The zero-order valence-electron chi connectivity index (χ0n) is 8.58. The van der Waals surface area contributed by atoms with E-state index in [-0.39, 0.29) is 11.3 Å². The minimum Gasteiger partial charge on any atom is -0.478 e. The van der Waals surface area contributed by atoms with Gasteiger partial charge in [-0.05, 0) is 25.1 Å². The van der Waals surface area contributed by atoms with Crippen molar-refractivity contribution < 1.29 is 19.1 Å². The molecule has 2 amide bonds. The highest BCUT2D eigenvalue weighted by atomic mass is 19.1. The number of aromatic carboxylic acids is 1. The minimum absolute atomic E-state index is 0.0896. The molecule has 86 valence electrons. The molecule has 0 aromatic heterocycles. The number of urea groups is 1. The number of rotatable bonds is 3. The van der Waals surface area contributed by atoms with Crippen molar-refractivity contribution in [2.24, 2.45) is 0 Å². The van der Waals surface area contributed by atoms with Crippen LogP contribution in [-0.4, -0.2) is 23.7 Å². The number of carbonyl (C=O) groups excluding carboxylic acids is 1. The van der Waals surface area contributed by atoms with Crippen LogP contribution in [0.4, 0.5) is 14.9 Å². The van der Waals surface area contributed by atoms with E-state index in [9.17, 15) is 14.0 Å². The lowest BCUT2D eigenvalue weighted by Gasteiger charge is -2.07. The van der Waals surface area contributed by atoms with Crippen LogP contribution in [0.1, 0.15) is 17.3 Å². The van der Waals surface area contributed by atoms with E-state index in [1.165, 1.54) is 0 Å². The van der Waals surface area contributed by atoms with E-state index < -0.39 is 17.8 Å². The molecule has 0 radical (unpaired) electrons. The summed E-state index contributed by atoms with van der Waals surface area (Å²) in [4.78, 5) is 21.7. The first kappa shape index (κ1) is 12.0. The summed E-state index contributed by atoms with van der Waals surface area (Å²) in [5.74, 6) is -1.87. The van der Waals surface area contributed by atoms with Crippen molar-refractivity contribution in [2.45, 2.75) is 6.92 Å². The van der Waals surface area contributed by atoms with E-state index in [0.29, 0.717) is 6.54 Å². The second-order valence-corrected chi connectivity index (χ2v) is 2.98. The van der Waals surface area contributed by atoms with Gasteiger partial charge in [-0.15, -0.1) is 0 Å². The van der Waals surface area contributed by atoms with Gasteiger partial charge < -0.3 is 15.7 Å². The molecule has 0 unspecified atom stereocenters. The summed E-state index contributed by atoms with van der Waals surface area (Å²) in [5.41, 5.74) is -0.251. The first-order valence-corrected chi connectivity index (χ1v) is 4.62. The molecule has 0 bridgehead atoms. The molecule has 0 spiro atoms. The van der Waals surface area contributed by atoms with Gasteiger partial charge >= 0.3 is 12.0 Å². The fourth-order valence-electron chi connectivity index (χ4n) is 1.08. The Morgan fingerprint density at radius 2 is 2.12 bits per heavy atom. The van der Waals surface area contributed by atoms with E-state index in [0.717, 1.165) is 18.2 Å². The van der Waals surface area contributed by atoms with Gasteiger partial charge in [-0.2, -0.15) is 0 Å². The van der Waals surface area contributed by atoms with Crippen molar-refractivity contribution in [3.8, 4) is 0 Å². The van der Waals surface area contributed by atoms with Gasteiger partial charge in [-0.1, -0.05) is 0 Å². The lowest BCUT2D eigenvalue weighted by molar-refractivity contribution is 0.0697. The highest BCUT2D eigenvalue weighted by Crippen LogP contribution is 2.16.